The zero-order valence-electron chi connectivity index (χ0n) is 15.6. The van der Waals surface area contributed by atoms with Crippen molar-refractivity contribution < 1.29 is 4.79 Å². The maximum atomic E-state index is 13.1. The highest BCUT2D eigenvalue weighted by atomic mass is 32.2. The molecule has 2 unspecified atom stereocenters. The van der Waals surface area contributed by atoms with Crippen LogP contribution in [0, 0.1) is 6.92 Å². The van der Waals surface area contributed by atoms with Gasteiger partial charge in [0.15, 0.2) is 11.0 Å². The van der Waals surface area contributed by atoms with Crippen LogP contribution in [0.5, 0.6) is 0 Å². The highest BCUT2D eigenvalue weighted by Crippen LogP contribution is 2.41. The molecule has 2 aliphatic rings. The summed E-state index contributed by atoms with van der Waals surface area (Å²) in [5.74, 6) is 0.799. The third kappa shape index (κ3) is 3.19. The summed E-state index contributed by atoms with van der Waals surface area (Å²) in [7, 11) is 2.15. The molecule has 0 amide bonds. The van der Waals surface area contributed by atoms with Crippen LogP contribution in [-0.4, -0.2) is 68.9 Å². The molecule has 2 atom stereocenters. The number of hydrogen-bond donors (Lipinski definition) is 0. The molecule has 0 spiro atoms. The topological polar surface area (TPSA) is 54.3 Å². The molecular weight excluding hydrogens is 346 g/mol. The van der Waals surface area contributed by atoms with E-state index in [-0.39, 0.29) is 17.2 Å². The lowest BCUT2D eigenvalue weighted by molar-refractivity contribution is 0.0766. The van der Waals surface area contributed by atoms with Gasteiger partial charge in [0.2, 0.25) is 0 Å². The van der Waals surface area contributed by atoms with Crippen LogP contribution in [0.25, 0.3) is 0 Å². The molecule has 26 heavy (non-hydrogen) atoms. The van der Waals surface area contributed by atoms with Crippen LogP contribution >= 0.6 is 11.8 Å². The summed E-state index contributed by atoms with van der Waals surface area (Å²) in [6, 6.07) is 8.65. The molecule has 4 rings (SSSR count). The predicted molar refractivity (Wildman–Crippen MR) is 103 cm³/mol. The van der Waals surface area contributed by atoms with Crippen molar-refractivity contribution in [3.63, 3.8) is 0 Å². The Labute approximate surface area is 158 Å². The molecule has 7 heteroatoms. The van der Waals surface area contributed by atoms with Gasteiger partial charge in [0.1, 0.15) is 5.25 Å². The lowest BCUT2D eigenvalue weighted by Crippen LogP contribution is -2.49. The van der Waals surface area contributed by atoms with Gasteiger partial charge in [-0.2, -0.15) is 4.68 Å². The second-order valence-corrected chi connectivity index (χ2v) is 8.26. The zero-order valence-corrected chi connectivity index (χ0v) is 16.4. The molecule has 2 aromatic rings. The minimum Gasteiger partial charge on any atom is -0.304 e. The third-order valence-corrected chi connectivity index (χ3v) is 6.45. The van der Waals surface area contributed by atoms with Crippen LogP contribution in [0.1, 0.15) is 34.7 Å². The van der Waals surface area contributed by atoms with Crippen LogP contribution in [0.2, 0.25) is 0 Å². The molecule has 2 aliphatic heterocycles. The molecule has 138 valence electrons. The Hall–Kier alpha value is -1.70. The summed E-state index contributed by atoms with van der Waals surface area (Å²) < 4.78 is 1.52. The SMILES string of the molecule is CCc1nc2n(n1)C(=O)C(C(c1ccc(C)cc1)N1CCN(C)CC1)S2. The Morgan fingerprint density at radius 1 is 1.19 bits per heavy atom. The van der Waals surface area contributed by atoms with Crippen molar-refractivity contribution in [2.45, 2.75) is 36.7 Å². The van der Waals surface area contributed by atoms with E-state index >= 15 is 0 Å². The summed E-state index contributed by atoms with van der Waals surface area (Å²) in [4.78, 5) is 22.4. The van der Waals surface area contributed by atoms with Crippen LogP contribution in [-0.2, 0) is 6.42 Å². The van der Waals surface area contributed by atoms with Gasteiger partial charge in [0.05, 0.1) is 6.04 Å². The monoisotopic (exact) mass is 371 g/mol. The molecule has 1 fully saturated rings. The quantitative estimate of drug-likeness (QED) is 0.822. The van der Waals surface area contributed by atoms with Gasteiger partial charge in [0, 0.05) is 32.6 Å². The highest BCUT2D eigenvalue weighted by Gasteiger charge is 2.43. The van der Waals surface area contributed by atoms with Crippen molar-refractivity contribution in [3.05, 3.63) is 41.2 Å². The van der Waals surface area contributed by atoms with Crippen molar-refractivity contribution in [1.29, 1.82) is 0 Å². The molecular formula is C19H25N5OS. The number of aromatic nitrogens is 3. The van der Waals surface area contributed by atoms with E-state index in [0.717, 1.165) is 43.6 Å². The molecule has 0 aliphatic carbocycles. The van der Waals surface area contributed by atoms with Crippen molar-refractivity contribution in [3.8, 4) is 0 Å². The van der Waals surface area contributed by atoms with Crippen molar-refractivity contribution in [2.75, 3.05) is 33.2 Å². The van der Waals surface area contributed by atoms with E-state index in [4.69, 9.17) is 0 Å². The van der Waals surface area contributed by atoms with Gasteiger partial charge < -0.3 is 4.90 Å². The van der Waals surface area contributed by atoms with E-state index in [9.17, 15) is 4.79 Å². The molecule has 0 N–H and O–H groups in total. The zero-order chi connectivity index (χ0) is 18.3. The normalized spacial score (nSPS) is 22.6. The number of likely N-dealkylation sites (N-methyl/N-ethyl adjacent to an activating group) is 1. The minimum absolute atomic E-state index is 0.0513. The first-order valence-electron chi connectivity index (χ1n) is 9.23. The van der Waals surface area contributed by atoms with Gasteiger partial charge in [-0.05, 0) is 19.5 Å². The van der Waals surface area contributed by atoms with Gasteiger partial charge in [-0.15, -0.1) is 5.10 Å². The Balaban J connectivity index is 1.66. The number of aryl methyl sites for hydroxylation is 2. The molecule has 1 saturated heterocycles. The number of hydrogen-bond acceptors (Lipinski definition) is 6. The Bertz CT molecular complexity index is 795. The summed E-state index contributed by atoms with van der Waals surface area (Å²) >= 11 is 1.57. The lowest BCUT2D eigenvalue weighted by Gasteiger charge is -2.39. The van der Waals surface area contributed by atoms with Crippen molar-refractivity contribution in [2.24, 2.45) is 0 Å². The Morgan fingerprint density at radius 3 is 2.50 bits per heavy atom. The van der Waals surface area contributed by atoms with Gasteiger partial charge in [-0.3, -0.25) is 9.69 Å². The summed E-state index contributed by atoms with van der Waals surface area (Å²) in [6.07, 6.45) is 0.748. The molecule has 0 bridgehead atoms. The number of carbonyl (C=O) groups is 1. The number of fused-ring (bicyclic) bond motifs is 1. The molecule has 1 aromatic heterocycles. The van der Waals surface area contributed by atoms with E-state index < -0.39 is 0 Å². The number of nitrogens with zero attached hydrogens (tertiary/aromatic N) is 5. The van der Waals surface area contributed by atoms with Crippen LogP contribution in [0.15, 0.2) is 29.4 Å². The second kappa shape index (κ2) is 7.13. The van der Waals surface area contributed by atoms with E-state index in [1.165, 1.54) is 15.8 Å². The molecule has 6 nitrogen and oxygen atoms in total. The summed E-state index contributed by atoms with van der Waals surface area (Å²) in [6.45, 7) is 8.09. The van der Waals surface area contributed by atoms with E-state index in [0.29, 0.717) is 0 Å². The van der Waals surface area contributed by atoms with Crippen LogP contribution in [0.4, 0.5) is 0 Å². The molecule has 0 saturated carbocycles. The van der Waals surface area contributed by atoms with E-state index in [2.05, 4.69) is 58.1 Å². The van der Waals surface area contributed by atoms with Crippen molar-refractivity contribution >= 4 is 17.7 Å². The first-order valence-corrected chi connectivity index (χ1v) is 10.1. The van der Waals surface area contributed by atoms with E-state index in [1.807, 2.05) is 6.92 Å². The fourth-order valence-electron chi connectivity index (χ4n) is 3.63. The largest absolute Gasteiger partial charge is 0.304 e. The third-order valence-electron chi connectivity index (χ3n) is 5.26. The van der Waals surface area contributed by atoms with E-state index in [1.54, 1.807) is 11.8 Å². The summed E-state index contributed by atoms with van der Waals surface area (Å²) in [5, 5.41) is 4.94. The average Bonchev–Trinajstić information content (AvgIpc) is 3.18. The maximum Gasteiger partial charge on any atom is 0.264 e. The number of rotatable bonds is 4. The fourth-order valence-corrected chi connectivity index (χ4v) is 4.91. The smallest absolute Gasteiger partial charge is 0.264 e. The Kier molecular flexibility index (Phi) is 4.86. The van der Waals surface area contributed by atoms with Crippen molar-refractivity contribution in [1.82, 2.24) is 24.6 Å². The van der Waals surface area contributed by atoms with Gasteiger partial charge in [-0.25, -0.2) is 4.98 Å². The molecule has 3 heterocycles. The number of carbonyl (C=O) groups excluding carboxylic acids is 1. The Morgan fingerprint density at radius 2 is 1.88 bits per heavy atom. The molecule has 1 aromatic carbocycles. The second-order valence-electron chi connectivity index (χ2n) is 7.15. The minimum atomic E-state index is -0.193. The average molecular weight is 372 g/mol. The van der Waals surface area contributed by atoms with Gasteiger partial charge in [0.25, 0.3) is 5.91 Å². The van der Waals surface area contributed by atoms with Crippen LogP contribution in [0.3, 0.4) is 0 Å². The number of benzene rings is 1. The number of thioether (sulfide) groups is 1. The first-order chi connectivity index (χ1) is 12.6. The maximum absolute atomic E-state index is 13.1. The van der Waals surface area contributed by atoms with Gasteiger partial charge >= 0.3 is 0 Å². The first kappa shape index (κ1) is 17.7. The summed E-state index contributed by atoms with van der Waals surface area (Å²) in [5.41, 5.74) is 2.44. The van der Waals surface area contributed by atoms with Crippen LogP contribution < -0.4 is 0 Å². The lowest BCUT2D eigenvalue weighted by atomic mass is 9.99. The number of piperazine rings is 1. The van der Waals surface area contributed by atoms with Gasteiger partial charge in [-0.1, -0.05) is 48.5 Å². The highest BCUT2D eigenvalue weighted by molar-refractivity contribution is 8.00. The molecule has 0 radical (unpaired) electrons. The predicted octanol–water partition coefficient (Wildman–Crippen LogP) is 2.25. The standard InChI is InChI=1S/C19H25N5OS/c1-4-15-20-19-24(21-15)18(25)17(26-19)16(14-7-5-13(2)6-8-14)23-11-9-22(3)10-12-23/h5-8,16-17H,4,9-12H2,1-3H3. The fraction of sp³-hybridized carbons (Fsp3) is 0.526.